The molecule has 21 heavy (non-hydrogen) atoms. The Labute approximate surface area is 125 Å². The van der Waals surface area contributed by atoms with Crippen LogP contribution in [0, 0.1) is 5.41 Å². The van der Waals surface area contributed by atoms with E-state index in [2.05, 4.69) is 43.8 Å². The fourth-order valence-corrected chi connectivity index (χ4v) is 2.08. The molecule has 1 N–H and O–H groups in total. The fourth-order valence-electron chi connectivity index (χ4n) is 2.08. The van der Waals surface area contributed by atoms with E-state index in [0.717, 1.165) is 16.5 Å². The normalized spacial score (nSPS) is 13.2. The van der Waals surface area contributed by atoms with Gasteiger partial charge in [0.1, 0.15) is 0 Å². The highest BCUT2D eigenvalue weighted by Gasteiger charge is 2.09. The summed E-state index contributed by atoms with van der Waals surface area (Å²) >= 11 is 0. The summed E-state index contributed by atoms with van der Waals surface area (Å²) in [5.74, 6) is 0. The van der Waals surface area contributed by atoms with Gasteiger partial charge in [-0.05, 0) is 24.6 Å². The van der Waals surface area contributed by atoms with Crippen LogP contribution in [0.2, 0.25) is 0 Å². The number of nitrogens with one attached hydrogen (secondary N) is 1. The summed E-state index contributed by atoms with van der Waals surface area (Å²) in [5, 5.41) is 3.62. The first kappa shape index (κ1) is 15.1. The van der Waals surface area contributed by atoms with Crippen LogP contribution in [0.4, 0.5) is 0 Å². The van der Waals surface area contributed by atoms with E-state index in [-0.39, 0.29) is 11.0 Å². The molecule has 110 valence electrons. The monoisotopic (exact) mass is 282 g/mol. The maximum Gasteiger partial charge on any atom is 0.271 e. The van der Waals surface area contributed by atoms with Crippen LogP contribution >= 0.6 is 0 Å². The quantitative estimate of drug-likeness (QED) is 0.652. The lowest BCUT2D eigenvalue weighted by Gasteiger charge is -2.14. The lowest BCUT2D eigenvalue weighted by atomic mass is 9.92. The molecule has 0 radical (unpaired) electrons. The standard InChI is InChI=1S/C18H22N2O/c1-5-14(11-12-18(3,4)6-2)13-20-16-10-8-7-9-15(16)17(21)19-20/h5-12H,2,13H2,1,3-4H3,(H,19,21)/b12-11-,14-5+. The molecular formula is C18H22N2O. The number of H-pyrrole nitrogens is 1. The minimum absolute atomic E-state index is 0.0412. The van der Waals surface area contributed by atoms with E-state index in [1.807, 2.05) is 41.9 Å². The fraction of sp³-hybridized carbons (Fsp3) is 0.278. The average molecular weight is 282 g/mol. The van der Waals surface area contributed by atoms with Crippen molar-refractivity contribution in [2.75, 3.05) is 0 Å². The first-order valence-corrected chi connectivity index (χ1v) is 7.12. The van der Waals surface area contributed by atoms with Gasteiger partial charge in [0, 0.05) is 5.41 Å². The second-order valence-corrected chi connectivity index (χ2v) is 5.77. The number of hydrogen-bond acceptors (Lipinski definition) is 1. The third-order valence-electron chi connectivity index (χ3n) is 3.64. The van der Waals surface area contributed by atoms with Crippen molar-refractivity contribution in [3.8, 4) is 0 Å². The zero-order valence-electron chi connectivity index (χ0n) is 12.9. The van der Waals surface area contributed by atoms with Gasteiger partial charge in [0.05, 0.1) is 17.4 Å². The average Bonchev–Trinajstić information content (AvgIpc) is 2.80. The summed E-state index contributed by atoms with van der Waals surface area (Å²) in [6.45, 7) is 10.7. The van der Waals surface area contributed by atoms with Crippen LogP contribution in [0.3, 0.4) is 0 Å². The van der Waals surface area contributed by atoms with E-state index in [0.29, 0.717) is 6.54 Å². The van der Waals surface area contributed by atoms with E-state index in [4.69, 9.17) is 0 Å². The minimum Gasteiger partial charge on any atom is -0.280 e. The molecule has 0 unspecified atom stereocenters. The highest BCUT2D eigenvalue weighted by molar-refractivity contribution is 5.78. The van der Waals surface area contributed by atoms with Crippen LogP contribution in [0.15, 0.2) is 65.5 Å². The maximum atomic E-state index is 11.9. The van der Waals surface area contributed by atoms with E-state index < -0.39 is 0 Å². The first-order valence-electron chi connectivity index (χ1n) is 7.12. The van der Waals surface area contributed by atoms with Crippen molar-refractivity contribution in [1.82, 2.24) is 9.78 Å². The molecule has 0 saturated carbocycles. The van der Waals surface area contributed by atoms with Crippen LogP contribution in [-0.2, 0) is 6.54 Å². The van der Waals surface area contributed by atoms with E-state index in [9.17, 15) is 4.79 Å². The Morgan fingerprint density at radius 1 is 1.38 bits per heavy atom. The SMILES string of the molecule is C=CC(C)(C)/C=C\C(=C/C)Cn1[nH]c(=O)c2ccccc21. The predicted octanol–water partition coefficient (Wildman–Crippen LogP) is 4.04. The van der Waals surface area contributed by atoms with Gasteiger partial charge >= 0.3 is 0 Å². The molecule has 2 rings (SSSR count). The molecule has 0 saturated heterocycles. The van der Waals surface area contributed by atoms with Crippen molar-refractivity contribution < 1.29 is 0 Å². The predicted molar refractivity (Wildman–Crippen MR) is 89.4 cm³/mol. The lowest BCUT2D eigenvalue weighted by molar-refractivity contribution is 0.625. The van der Waals surface area contributed by atoms with Crippen molar-refractivity contribution in [2.45, 2.75) is 27.3 Å². The topological polar surface area (TPSA) is 37.8 Å². The summed E-state index contributed by atoms with van der Waals surface area (Å²) in [4.78, 5) is 11.9. The third-order valence-corrected chi connectivity index (χ3v) is 3.64. The van der Waals surface area contributed by atoms with Gasteiger partial charge in [-0.15, -0.1) is 6.58 Å². The molecular weight excluding hydrogens is 260 g/mol. The van der Waals surface area contributed by atoms with Gasteiger partial charge in [0.15, 0.2) is 0 Å². The van der Waals surface area contributed by atoms with Crippen molar-refractivity contribution in [3.05, 3.63) is 71.1 Å². The molecule has 0 atom stereocenters. The van der Waals surface area contributed by atoms with Gasteiger partial charge in [0.2, 0.25) is 0 Å². The Hall–Kier alpha value is -2.29. The van der Waals surface area contributed by atoms with E-state index >= 15 is 0 Å². The zero-order valence-corrected chi connectivity index (χ0v) is 12.9. The second-order valence-electron chi connectivity index (χ2n) is 5.77. The number of para-hydroxylation sites is 1. The number of benzene rings is 1. The molecule has 1 aromatic heterocycles. The smallest absolute Gasteiger partial charge is 0.271 e. The molecule has 0 aliphatic rings. The zero-order chi connectivity index (χ0) is 15.5. The van der Waals surface area contributed by atoms with Gasteiger partial charge in [0.25, 0.3) is 5.56 Å². The van der Waals surface area contributed by atoms with Gasteiger partial charge in [-0.3, -0.25) is 14.6 Å². The molecule has 1 aromatic carbocycles. The number of nitrogens with zero attached hydrogens (tertiary/aromatic N) is 1. The molecule has 1 heterocycles. The number of hydrogen-bond donors (Lipinski definition) is 1. The number of aromatic nitrogens is 2. The number of rotatable bonds is 5. The van der Waals surface area contributed by atoms with Crippen molar-refractivity contribution in [1.29, 1.82) is 0 Å². The first-order chi connectivity index (χ1) is 9.96. The third kappa shape index (κ3) is 3.43. The highest BCUT2D eigenvalue weighted by atomic mass is 16.1. The molecule has 0 spiro atoms. The largest absolute Gasteiger partial charge is 0.280 e. The minimum atomic E-state index is -0.0449. The highest BCUT2D eigenvalue weighted by Crippen LogP contribution is 2.19. The van der Waals surface area contributed by atoms with Crippen molar-refractivity contribution in [2.24, 2.45) is 5.41 Å². The Kier molecular flexibility index (Phi) is 4.32. The van der Waals surface area contributed by atoms with Crippen LogP contribution in [0.25, 0.3) is 10.9 Å². The molecule has 0 aliphatic heterocycles. The molecule has 3 nitrogen and oxygen atoms in total. The van der Waals surface area contributed by atoms with Gasteiger partial charge < -0.3 is 0 Å². The summed E-state index contributed by atoms with van der Waals surface area (Å²) < 4.78 is 1.89. The second kappa shape index (κ2) is 6.00. The Morgan fingerprint density at radius 3 is 2.76 bits per heavy atom. The van der Waals surface area contributed by atoms with Gasteiger partial charge in [-0.2, -0.15) is 0 Å². The van der Waals surface area contributed by atoms with Crippen LogP contribution in [-0.4, -0.2) is 9.78 Å². The molecule has 0 bridgehead atoms. The van der Waals surface area contributed by atoms with E-state index in [1.165, 1.54) is 0 Å². The summed E-state index contributed by atoms with van der Waals surface area (Å²) in [7, 11) is 0. The lowest BCUT2D eigenvalue weighted by Crippen LogP contribution is -2.07. The summed E-state index contributed by atoms with van der Waals surface area (Å²) in [5.41, 5.74) is 1.98. The Morgan fingerprint density at radius 2 is 2.10 bits per heavy atom. The molecule has 0 fully saturated rings. The number of aromatic amines is 1. The number of allylic oxidation sites excluding steroid dienone is 5. The summed E-state index contributed by atoms with van der Waals surface area (Å²) in [6, 6.07) is 7.62. The summed E-state index contributed by atoms with van der Waals surface area (Å²) in [6.07, 6.45) is 8.19. The van der Waals surface area contributed by atoms with Gasteiger partial charge in [-0.25, -0.2) is 0 Å². The Balaban J connectivity index is 2.30. The van der Waals surface area contributed by atoms with Crippen LogP contribution in [0.1, 0.15) is 20.8 Å². The molecule has 3 heteroatoms. The molecule has 2 aromatic rings. The van der Waals surface area contributed by atoms with Crippen molar-refractivity contribution >= 4 is 10.9 Å². The van der Waals surface area contributed by atoms with Crippen molar-refractivity contribution in [3.63, 3.8) is 0 Å². The molecule has 0 amide bonds. The van der Waals surface area contributed by atoms with Crippen LogP contribution < -0.4 is 5.56 Å². The Bertz CT molecular complexity index is 757. The molecule has 0 aliphatic carbocycles. The maximum absolute atomic E-state index is 11.9. The van der Waals surface area contributed by atoms with Gasteiger partial charge in [-0.1, -0.05) is 50.3 Å². The van der Waals surface area contributed by atoms with Crippen LogP contribution in [0.5, 0.6) is 0 Å². The number of fused-ring (bicyclic) bond motifs is 1. The van der Waals surface area contributed by atoms with E-state index in [1.54, 1.807) is 0 Å².